The monoisotopic (exact) mass is 441 g/mol. The normalized spacial score (nSPS) is 12.7. The molecule has 1 aliphatic heterocycles. The maximum Gasteiger partial charge on any atom is 0.323 e. The van der Waals surface area contributed by atoms with Gasteiger partial charge in [-0.3, -0.25) is 4.79 Å². The lowest BCUT2D eigenvalue weighted by atomic mass is 10.1. The Morgan fingerprint density at radius 2 is 1.88 bits per heavy atom. The predicted octanol–water partition coefficient (Wildman–Crippen LogP) is 5.31. The van der Waals surface area contributed by atoms with Gasteiger partial charge in [0, 0.05) is 23.6 Å². The molecule has 0 bridgehead atoms. The predicted molar refractivity (Wildman–Crippen MR) is 105 cm³/mol. The Morgan fingerprint density at radius 1 is 1.12 bits per heavy atom. The van der Waals surface area contributed by atoms with E-state index >= 15 is 0 Å². The van der Waals surface area contributed by atoms with E-state index in [9.17, 15) is 9.59 Å². The molecule has 1 aliphatic rings. The van der Waals surface area contributed by atoms with Crippen LogP contribution in [0.4, 0.5) is 21.9 Å². The van der Waals surface area contributed by atoms with E-state index in [-0.39, 0.29) is 5.91 Å². The molecular formula is C17H14BrCl2N3O2. The number of hydrogen-bond acceptors (Lipinski definition) is 2. The third-order valence-corrected chi connectivity index (χ3v) is 5.03. The van der Waals surface area contributed by atoms with E-state index in [0.29, 0.717) is 28.0 Å². The molecule has 0 fully saturated rings. The van der Waals surface area contributed by atoms with Gasteiger partial charge in [-0.25, -0.2) is 4.79 Å². The average molecular weight is 443 g/mol. The lowest BCUT2D eigenvalue weighted by Gasteiger charge is -2.19. The summed E-state index contributed by atoms with van der Waals surface area (Å²) in [5.41, 5.74) is 2.83. The van der Waals surface area contributed by atoms with Crippen molar-refractivity contribution in [3.05, 3.63) is 50.4 Å². The largest absolute Gasteiger partial charge is 0.323 e. The van der Waals surface area contributed by atoms with Crippen molar-refractivity contribution in [2.75, 3.05) is 22.1 Å². The van der Waals surface area contributed by atoms with Crippen LogP contribution in [0.3, 0.4) is 0 Å². The summed E-state index contributed by atoms with van der Waals surface area (Å²) in [5, 5.41) is 6.27. The van der Waals surface area contributed by atoms with Crippen LogP contribution in [-0.4, -0.2) is 18.5 Å². The number of anilines is 3. The highest BCUT2D eigenvalue weighted by Crippen LogP contribution is 2.38. The highest BCUT2D eigenvalue weighted by atomic mass is 79.9. The summed E-state index contributed by atoms with van der Waals surface area (Å²) >= 11 is 15.3. The summed E-state index contributed by atoms with van der Waals surface area (Å²) in [7, 11) is 0. The van der Waals surface area contributed by atoms with Gasteiger partial charge >= 0.3 is 6.03 Å². The van der Waals surface area contributed by atoms with Crippen molar-refractivity contribution in [1.29, 1.82) is 0 Å². The van der Waals surface area contributed by atoms with E-state index in [4.69, 9.17) is 23.2 Å². The molecule has 130 valence electrons. The fourth-order valence-corrected chi connectivity index (χ4v) is 3.58. The fourth-order valence-electron chi connectivity index (χ4n) is 2.78. The van der Waals surface area contributed by atoms with Crippen LogP contribution < -0.4 is 15.5 Å². The zero-order valence-electron chi connectivity index (χ0n) is 13.2. The van der Waals surface area contributed by atoms with Crippen LogP contribution in [0.15, 0.2) is 34.8 Å². The number of benzene rings is 2. The molecule has 2 N–H and O–H groups in total. The Hall–Kier alpha value is -1.76. The highest BCUT2D eigenvalue weighted by molar-refractivity contribution is 9.10. The number of urea groups is 1. The van der Waals surface area contributed by atoms with Crippen molar-refractivity contribution < 1.29 is 9.59 Å². The maximum absolute atomic E-state index is 12.3. The van der Waals surface area contributed by atoms with E-state index in [0.717, 1.165) is 22.1 Å². The Morgan fingerprint density at radius 3 is 2.56 bits per heavy atom. The van der Waals surface area contributed by atoms with Crippen LogP contribution in [-0.2, 0) is 11.2 Å². The lowest BCUT2D eigenvalue weighted by Crippen LogP contribution is -2.28. The molecule has 2 aromatic rings. The van der Waals surface area contributed by atoms with Gasteiger partial charge in [0.15, 0.2) is 0 Å². The molecule has 3 amide bonds. The number of nitrogens with one attached hydrogen (secondary N) is 2. The molecule has 1 heterocycles. The van der Waals surface area contributed by atoms with Crippen molar-refractivity contribution in [2.45, 2.75) is 13.3 Å². The average Bonchev–Trinajstić information content (AvgIpc) is 2.95. The van der Waals surface area contributed by atoms with Crippen molar-refractivity contribution in [3.8, 4) is 0 Å². The van der Waals surface area contributed by atoms with Crippen LogP contribution >= 0.6 is 39.1 Å². The Labute approximate surface area is 163 Å². The summed E-state index contributed by atoms with van der Waals surface area (Å²) in [4.78, 5) is 25.9. The van der Waals surface area contributed by atoms with Gasteiger partial charge in [0.2, 0.25) is 5.91 Å². The molecule has 0 unspecified atom stereocenters. The van der Waals surface area contributed by atoms with E-state index < -0.39 is 6.03 Å². The first-order valence-electron chi connectivity index (χ1n) is 7.48. The zero-order valence-corrected chi connectivity index (χ0v) is 16.3. The van der Waals surface area contributed by atoms with E-state index in [1.165, 1.54) is 6.92 Å². The van der Waals surface area contributed by atoms with Crippen molar-refractivity contribution in [2.24, 2.45) is 0 Å². The Bertz CT molecular complexity index is 873. The number of fused-ring (bicyclic) bond motifs is 1. The quantitative estimate of drug-likeness (QED) is 0.661. The maximum atomic E-state index is 12.3. The minimum atomic E-state index is -0.436. The molecule has 0 atom stereocenters. The molecule has 0 aromatic heterocycles. The minimum absolute atomic E-state index is 0.0611. The van der Waals surface area contributed by atoms with E-state index in [2.05, 4.69) is 26.6 Å². The van der Waals surface area contributed by atoms with Gasteiger partial charge in [0.1, 0.15) is 0 Å². The van der Waals surface area contributed by atoms with Gasteiger partial charge in [0.25, 0.3) is 0 Å². The SMILES string of the molecule is CC(=O)N1CCc2cc(Br)cc(NC(=O)Nc3ccc(Cl)c(Cl)c3)c21. The number of nitrogens with zero attached hydrogens (tertiary/aromatic N) is 1. The smallest absolute Gasteiger partial charge is 0.310 e. The van der Waals surface area contributed by atoms with Crippen LogP contribution in [0.5, 0.6) is 0 Å². The Balaban J connectivity index is 1.84. The summed E-state index contributed by atoms with van der Waals surface area (Å²) in [5.74, 6) is -0.0611. The van der Waals surface area contributed by atoms with Crippen LogP contribution in [0, 0.1) is 0 Å². The number of halogens is 3. The second-order valence-corrected chi connectivity index (χ2v) is 7.32. The molecule has 0 saturated heterocycles. The van der Waals surface area contributed by atoms with Gasteiger partial charge in [0.05, 0.1) is 21.4 Å². The van der Waals surface area contributed by atoms with Crippen LogP contribution in [0.2, 0.25) is 10.0 Å². The van der Waals surface area contributed by atoms with E-state index in [1.54, 1.807) is 29.2 Å². The summed E-state index contributed by atoms with van der Waals surface area (Å²) < 4.78 is 0.835. The first kappa shape index (κ1) is 18.0. The standard InChI is InChI=1S/C17H14BrCl2N3O2/c1-9(24)23-5-4-10-6-11(18)7-15(16(10)23)22-17(25)21-12-2-3-13(19)14(20)8-12/h2-3,6-8H,4-5H2,1H3,(H2,21,22,25). The molecule has 25 heavy (non-hydrogen) atoms. The molecule has 0 radical (unpaired) electrons. The topological polar surface area (TPSA) is 61.4 Å². The van der Waals surface area contributed by atoms with Crippen molar-refractivity contribution in [3.63, 3.8) is 0 Å². The minimum Gasteiger partial charge on any atom is -0.310 e. The molecular weight excluding hydrogens is 429 g/mol. The van der Waals surface area contributed by atoms with Gasteiger partial charge < -0.3 is 15.5 Å². The van der Waals surface area contributed by atoms with Gasteiger partial charge in [-0.15, -0.1) is 0 Å². The van der Waals surface area contributed by atoms with Crippen molar-refractivity contribution >= 4 is 68.1 Å². The number of hydrogen-bond donors (Lipinski definition) is 2. The molecule has 0 saturated carbocycles. The number of carbonyl (C=O) groups excluding carboxylic acids is 2. The zero-order chi connectivity index (χ0) is 18.1. The summed E-state index contributed by atoms with van der Waals surface area (Å²) in [6.07, 6.45) is 0.747. The molecule has 3 rings (SSSR count). The van der Waals surface area contributed by atoms with Crippen LogP contribution in [0.1, 0.15) is 12.5 Å². The molecule has 0 spiro atoms. The molecule has 0 aliphatic carbocycles. The second kappa shape index (κ2) is 7.23. The number of carbonyl (C=O) groups is 2. The third-order valence-electron chi connectivity index (χ3n) is 3.83. The first-order chi connectivity index (χ1) is 11.8. The second-order valence-electron chi connectivity index (χ2n) is 5.59. The first-order valence-corrected chi connectivity index (χ1v) is 9.03. The van der Waals surface area contributed by atoms with Crippen molar-refractivity contribution in [1.82, 2.24) is 0 Å². The Kier molecular flexibility index (Phi) is 5.22. The summed E-state index contributed by atoms with van der Waals surface area (Å²) in [6.45, 7) is 2.11. The summed E-state index contributed by atoms with van der Waals surface area (Å²) in [6, 6.07) is 8.12. The molecule has 5 nitrogen and oxygen atoms in total. The molecule has 8 heteroatoms. The lowest BCUT2D eigenvalue weighted by molar-refractivity contribution is -0.116. The third kappa shape index (κ3) is 3.92. The van der Waals surface area contributed by atoms with Gasteiger partial charge in [-0.05, 0) is 42.3 Å². The highest BCUT2D eigenvalue weighted by Gasteiger charge is 2.26. The van der Waals surface area contributed by atoms with Gasteiger partial charge in [-0.1, -0.05) is 39.1 Å². The number of amides is 3. The van der Waals surface area contributed by atoms with E-state index in [1.807, 2.05) is 6.07 Å². The van der Waals surface area contributed by atoms with Crippen LogP contribution in [0.25, 0.3) is 0 Å². The molecule has 2 aromatic carbocycles. The fraction of sp³-hybridized carbons (Fsp3) is 0.176. The van der Waals surface area contributed by atoms with Gasteiger partial charge in [-0.2, -0.15) is 0 Å². The number of rotatable bonds is 2.